The Kier molecular flexibility index (Phi) is 6.78. The number of aromatic nitrogens is 1. The van der Waals surface area contributed by atoms with Gasteiger partial charge >= 0.3 is 0 Å². The molecule has 104 valence electrons. The smallest absolute Gasteiger partial charge is 0.0947 e. The van der Waals surface area contributed by atoms with Gasteiger partial charge in [0.1, 0.15) is 0 Å². The molecule has 1 aromatic heterocycles. The van der Waals surface area contributed by atoms with Crippen molar-refractivity contribution >= 4 is 11.3 Å². The zero-order valence-corrected chi connectivity index (χ0v) is 12.6. The van der Waals surface area contributed by atoms with Crippen molar-refractivity contribution < 1.29 is 4.74 Å². The van der Waals surface area contributed by atoms with Gasteiger partial charge in [-0.25, -0.2) is 4.98 Å². The SMILES string of the molecule is CCCC(OCC)C(Cc1nc(C)c(C)s1)NN. The molecule has 0 aromatic carbocycles. The molecule has 18 heavy (non-hydrogen) atoms. The second-order valence-corrected chi connectivity index (χ2v) is 5.80. The first-order chi connectivity index (χ1) is 8.62. The van der Waals surface area contributed by atoms with Crippen molar-refractivity contribution in [2.45, 2.75) is 59.1 Å². The molecule has 1 heterocycles. The van der Waals surface area contributed by atoms with Gasteiger partial charge in [0.25, 0.3) is 0 Å². The highest BCUT2D eigenvalue weighted by molar-refractivity contribution is 7.11. The number of thiazole rings is 1. The summed E-state index contributed by atoms with van der Waals surface area (Å²) in [7, 11) is 0. The number of nitrogens with zero attached hydrogens (tertiary/aromatic N) is 1. The molecule has 2 atom stereocenters. The summed E-state index contributed by atoms with van der Waals surface area (Å²) >= 11 is 1.75. The van der Waals surface area contributed by atoms with Crippen LogP contribution in [0, 0.1) is 13.8 Å². The van der Waals surface area contributed by atoms with Crippen LogP contribution in [0.1, 0.15) is 42.3 Å². The van der Waals surface area contributed by atoms with Crippen LogP contribution in [0.2, 0.25) is 0 Å². The monoisotopic (exact) mass is 271 g/mol. The quantitative estimate of drug-likeness (QED) is 0.563. The van der Waals surface area contributed by atoms with E-state index in [1.54, 1.807) is 11.3 Å². The summed E-state index contributed by atoms with van der Waals surface area (Å²) in [5.74, 6) is 5.67. The van der Waals surface area contributed by atoms with E-state index in [2.05, 4.69) is 24.3 Å². The van der Waals surface area contributed by atoms with Crippen LogP contribution in [-0.4, -0.2) is 23.7 Å². The Morgan fingerprint density at radius 1 is 1.39 bits per heavy atom. The second kappa shape index (κ2) is 7.84. The van der Waals surface area contributed by atoms with Gasteiger partial charge in [-0.05, 0) is 27.2 Å². The van der Waals surface area contributed by atoms with Crippen molar-refractivity contribution in [1.29, 1.82) is 0 Å². The minimum Gasteiger partial charge on any atom is -0.377 e. The maximum atomic E-state index is 5.78. The molecule has 0 aliphatic heterocycles. The van der Waals surface area contributed by atoms with Gasteiger partial charge < -0.3 is 4.74 Å². The van der Waals surface area contributed by atoms with Crippen LogP contribution in [0.25, 0.3) is 0 Å². The van der Waals surface area contributed by atoms with Gasteiger partial charge in [-0.15, -0.1) is 11.3 Å². The molecule has 0 aliphatic rings. The molecule has 0 spiro atoms. The molecule has 3 N–H and O–H groups in total. The summed E-state index contributed by atoms with van der Waals surface area (Å²) in [5, 5.41) is 1.13. The third kappa shape index (κ3) is 4.31. The Hall–Kier alpha value is -0.490. The van der Waals surface area contributed by atoms with Gasteiger partial charge in [-0.2, -0.15) is 0 Å². The summed E-state index contributed by atoms with van der Waals surface area (Å²) in [6.45, 7) is 9.06. The Morgan fingerprint density at radius 2 is 2.11 bits per heavy atom. The molecule has 2 unspecified atom stereocenters. The van der Waals surface area contributed by atoms with Crippen molar-refractivity contribution in [3.63, 3.8) is 0 Å². The van der Waals surface area contributed by atoms with Crippen molar-refractivity contribution in [3.05, 3.63) is 15.6 Å². The molecule has 1 rings (SSSR count). The van der Waals surface area contributed by atoms with Crippen LogP contribution in [-0.2, 0) is 11.2 Å². The average Bonchev–Trinajstić information content (AvgIpc) is 2.65. The molecule has 0 saturated carbocycles. The molecule has 0 aliphatic carbocycles. The molecule has 0 radical (unpaired) electrons. The standard InChI is InChI=1S/C13H25N3OS/c1-5-7-12(17-6-2)11(16-14)8-13-15-9(3)10(4)18-13/h11-12,16H,5-8,14H2,1-4H3. The number of hydrazine groups is 1. The molecule has 4 nitrogen and oxygen atoms in total. The van der Waals surface area contributed by atoms with Gasteiger partial charge in [0.05, 0.1) is 22.8 Å². The van der Waals surface area contributed by atoms with E-state index in [-0.39, 0.29) is 12.1 Å². The third-order valence-corrected chi connectivity index (χ3v) is 4.18. The van der Waals surface area contributed by atoms with Gasteiger partial charge in [0.2, 0.25) is 0 Å². The number of aryl methyl sites for hydroxylation is 2. The largest absolute Gasteiger partial charge is 0.377 e. The molecular weight excluding hydrogens is 246 g/mol. The van der Waals surface area contributed by atoms with Crippen molar-refractivity contribution in [2.75, 3.05) is 6.61 Å². The lowest BCUT2D eigenvalue weighted by Gasteiger charge is -2.25. The molecule has 0 saturated heterocycles. The van der Waals surface area contributed by atoms with Crippen LogP contribution in [0.15, 0.2) is 0 Å². The Balaban J connectivity index is 2.69. The molecule has 1 aromatic rings. The first-order valence-corrected chi connectivity index (χ1v) is 7.44. The predicted octanol–water partition coefficient (Wildman–Crippen LogP) is 2.34. The summed E-state index contributed by atoms with van der Waals surface area (Å²) < 4.78 is 5.78. The van der Waals surface area contributed by atoms with E-state index in [4.69, 9.17) is 10.6 Å². The molecular formula is C13H25N3OS. The highest BCUT2D eigenvalue weighted by atomic mass is 32.1. The summed E-state index contributed by atoms with van der Waals surface area (Å²) in [6.07, 6.45) is 3.11. The topological polar surface area (TPSA) is 60.2 Å². The van der Waals surface area contributed by atoms with Crippen LogP contribution >= 0.6 is 11.3 Å². The minimum atomic E-state index is 0.134. The maximum Gasteiger partial charge on any atom is 0.0947 e. The fourth-order valence-corrected chi connectivity index (χ4v) is 3.00. The number of nitrogens with one attached hydrogen (secondary N) is 1. The fraction of sp³-hybridized carbons (Fsp3) is 0.769. The number of nitrogens with two attached hydrogens (primary N) is 1. The Bertz CT molecular complexity index is 329. The molecule has 0 fully saturated rings. The summed E-state index contributed by atoms with van der Waals surface area (Å²) in [5.41, 5.74) is 4.01. The normalized spacial score (nSPS) is 14.7. The average molecular weight is 271 g/mol. The van der Waals surface area contributed by atoms with Gasteiger partial charge in [0.15, 0.2) is 0 Å². The maximum absolute atomic E-state index is 5.78. The number of rotatable bonds is 8. The van der Waals surface area contributed by atoms with Crippen LogP contribution in [0.5, 0.6) is 0 Å². The van der Waals surface area contributed by atoms with E-state index in [1.807, 2.05) is 13.8 Å². The zero-order chi connectivity index (χ0) is 13.5. The third-order valence-electron chi connectivity index (χ3n) is 3.08. The lowest BCUT2D eigenvalue weighted by molar-refractivity contribution is 0.0281. The van der Waals surface area contributed by atoms with E-state index >= 15 is 0 Å². The van der Waals surface area contributed by atoms with Crippen molar-refractivity contribution in [3.8, 4) is 0 Å². The van der Waals surface area contributed by atoms with E-state index in [0.717, 1.165) is 36.6 Å². The Labute approximate surface area is 114 Å². The molecule has 0 amide bonds. The van der Waals surface area contributed by atoms with E-state index in [0.29, 0.717) is 0 Å². The summed E-state index contributed by atoms with van der Waals surface area (Å²) in [4.78, 5) is 5.85. The second-order valence-electron chi connectivity index (χ2n) is 4.51. The van der Waals surface area contributed by atoms with E-state index < -0.39 is 0 Å². The molecule has 0 bridgehead atoms. The van der Waals surface area contributed by atoms with Crippen molar-refractivity contribution in [1.82, 2.24) is 10.4 Å². The van der Waals surface area contributed by atoms with Gasteiger partial charge in [-0.1, -0.05) is 13.3 Å². The van der Waals surface area contributed by atoms with Gasteiger partial charge in [0, 0.05) is 17.9 Å². The minimum absolute atomic E-state index is 0.134. The number of ether oxygens (including phenoxy) is 1. The fourth-order valence-electron chi connectivity index (χ4n) is 2.01. The van der Waals surface area contributed by atoms with E-state index in [9.17, 15) is 0 Å². The number of hydrogen-bond donors (Lipinski definition) is 2. The highest BCUT2D eigenvalue weighted by Gasteiger charge is 2.22. The van der Waals surface area contributed by atoms with Crippen LogP contribution in [0.4, 0.5) is 0 Å². The predicted molar refractivity (Wildman–Crippen MR) is 76.7 cm³/mol. The Morgan fingerprint density at radius 3 is 2.56 bits per heavy atom. The van der Waals surface area contributed by atoms with Crippen molar-refractivity contribution in [2.24, 2.45) is 5.84 Å². The van der Waals surface area contributed by atoms with Crippen LogP contribution in [0.3, 0.4) is 0 Å². The lowest BCUT2D eigenvalue weighted by Crippen LogP contribution is -2.46. The zero-order valence-electron chi connectivity index (χ0n) is 11.8. The number of hydrogen-bond acceptors (Lipinski definition) is 5. The summed E-state index contributed by atoms with van der Waals surface area (Å²) in [6, 6.07) is 0.134. The van der Waals surface area contributed by atoms with Gasteiger partial charge in [-0.3, -0.25) is 11.3 Å². The first kappa shape index (κ1) is 15.6. The highest BCUT2D eigenvalue weighted by Crippen LogP contribution is 2.20. The van der Waals surface area contributed by atoms with E-state index in [1.165, 1.54) is 4.88 Å². The first-order valence-electron chi connectivity index (χ1n) is 6.62. The van der Waals surface area contributed by atoms with Crippen LogP contribution < -0.4 is 11.3 Å². The lowest BCUT2D eigenvalue weighted by atomic mass is 10.0. The molecule has 5 heteroatoms.